The number of anilines is 2. The van der Waals surface area contributed by atoms with Crippen LogP contribution in [0.4, 0.5) is 11.5 Å². The zero-order valence-corrected chi connectivity index (χ0v) is 16.1. The van der Waals surface area contributed by atoms with Crippen LogP contribution in [-0.2, 0) is 15.8 Å². The van der Waals surface area contributed by atoms with Crippen molar-refractivity contribution in [1.82, 2.24) is 9.97 Å². The standard InChI is InChI=1S/C18H18N4O3S.ClH/c1-25-17-8-3-2-7-15(17)16-10-18(21-12-20-16)22-14-6-4-5-13(9-14)11-26(19,23)24;/h2-10,12H,11H2,1H3,(H2,19,23,24)(H,20,21,22);1H. The summed E-state index contributed by atoms with van der Waals surface area (Å²) in [5, 5.41) is 8.25. The molecule has 0 saturated carbocycles. The summed E-state index contributed by atoms with van der Waals surface area (Å²) < 4.78 is 27.9. The largest absolute Gasteiger partial charge is 0.496 e. The number of nitrogens with one attached hydrogen (secondary N) is 1. The number of sulfonamides is 1. The number of aromatic nitrogens is 2. The maximum atomic E-state index is 11.3. The molecule has 0 unspecified atom stereocenters. The van der Waals surface area contributed by atoms with Crippen LogP contribution in [0.5, 0.6) is 5.75 Å². The summed E-state index contributed by atoms with van der Waals surface area (Å²) in [6.07, 6.45) is 1.46. The lowest BCUT2D eigenvalue weighted by molar-refractivity contribution is 0.416. The van der Waals surface area contributed by atoms with Gasteiger partial charge in [0, 0.05) is 17.3 Å². The van der Waals surface area contributed by atoms with Gasteiger partial charge in [0.15, 0.2) is 0 Å². The van der Waals surface area contributed by atoms with E-state index in [1.807, 2.05) is 30.3 Å². The summed E-state index contributed by atoms with van der Waals surface area (Å²) in [5.74, 6) is 1.07. The first-order valence-electron chi connectivity index (χ1n) is 7.76. The van der Waals surface area contributed by atoms with Crippen LogP contribution in [-0.4, -0.2) is 25.5 Å². The highest BCUT2D eigenvalue weighted by Gasteiger charge is 2.09. The molecule has 3 aromatic rings. The van der Waals surface area contributed by atoms with Crippen LogP contribution >= 0.6 is 12.4 Å². The molecule has 0 aliphatic carbocycles. The van der Waals surface area contributed by atoms with Gasteiger partial charge in [-0.3, -0.25) is 0 Å². The molecule has 9 heteroatoms. The fourth-order valence-corrected chi connectivity index (χ4v) is 3.19. The van der Waals surface area contributed by atoms with Crippen molar-refractivity contribution in [3.05, 3.63) is 66.5 Å². The van der Waals surface area contributed by atoms with Crippen molar-refractivity contribution in [1.29, 1.82) is 0 Å². The van der Waals surface area contributed by atoms with Crippen molar-refractivity contribution in [2.45, 2.75) is 5.75 Å². The highest BCUT2D eigenvalue weighted by molar-refractivity contribution is 7.88. The number of halogens is 1. The third-order valence-electron chi connectivity index (χ3n) is 3.62. The maximum absolute atomic E-state index is 11.3. The van der Waals surface area contributed by atoms with Crippen molar-refractivity contribution >= 4 is 33.9 Å². The first-order chi connectivity index (χ1) is 12.4. The molecule has 1 aromatic heterocycles. The minimum absolute atomic E-state index is 0. The van der Waals surface area contributed by atoms with Gasteiger partial charge in [0.2, 0.25) is 10.0 Å². The van der Waals surface area contributed by atoms with E-state index in [0.29, 0.717) is 28.5 Å². The summed E-state index contributed by atoms with van der Waals surface area (Å²) in [5.41, 5.74) is 2.86. The second-order valence-corrected chi connectivity index (χ2v) is 7.24. The number of rotatable bonds is 6. The van der Waals surface area contributed by atoms with Crippen LogP contribution in [0.2, 0.25) is 0 Å². The average Bonchev–Trinajstić information content (AvgIpc) is 2.61. The van der Waals surface area contributed by atoms with Gasteiger partial charge in [-0.15, -0.1) is 12.4 Å². The lowest BCUT2D eigenvalue weighted by Gasteiger charge is -2.10. The summed E-state index contributed by atoms with van der Waals surface area (Å²) in [6.45, 7) is 0. The summed E-state index contributed by atoms with van der Waals surface area (Å²) in [4.78, 5) is 8.51. The number of para-hydroxylation sites is 1. The van der Waals surface area contributed by atoms with E-state index >= 15 is 0 Å². The second-order valence-electron chi connectivity index (χ2n) is 5.62. The maximum Gasteiger partial charge on any atom is 0.213 e. The summed E-state index contributed by atoms with van der Waals surface area (Å²) >= 11 is 0. The van der Waals surface area contributed by atoms with E-state index in [4.69, 9.17) is 9.88 Å². The molecule has 0 fully saturated rings. The number of primary sulfonamides is 1. The lowest BCUT2D eigenvalue weighted by atomic mass is 10.1. The third-order valence-corrected chi connectivity index (χ3v) is 4.35. The van der Waals surface area contributed by atoms with Gasteiger partial charge in [-0.25, -0.2) is 23.5 Å². The molecule has 0 saturated heterocycles. The van der Waals surface area contributed by atoms with Gasteiger partial charge in [0.05, 0.1) is 18.6 Å². The van der Waals surface area contributed by atoms with Gasteiger partial charge in [-0.1, -0.05) is 24.3 Å². The van der Waals surface area contributed by atoms with Gasteiger partial charge in [0.25, 0.3) is 0 Å². The monoisotopic (exact) mass is 406 g/mol. The highest BCUT2D eigenvalue weighted by atomic mass is 35.5. The van der Waals surface area contributed by atoms with Gasteiger partial charge in [-0.2, -0.15) is 0 Å². The van der Waals surface area contributed by atoms with Gasteiger partial charge >= 0.3 is 0 Å². The first-order valence-corrected chi connectivity index (χ1v) is 9.48. The molecule has 0 spiro atoms. The Kier molecular flexibility index (Phi) is 6.73. The van der Waals surface area contributed by atoms with Crippen molar-refractivity contribution in [3.63, 3.8) is 0 Å². The molecule has 0 aliphatic rings. The average molecular weight is 407 g/mol. The Balaban J connectivity index is 0.00000261. The number of methoxy groups -OCH3 is 1. The summed E-state index contributed by atoms with van der Waals surface area (Å²) in [6, 6.07) is 16.4. The number of nitrogens with two attached hydrogens (primary N) is 1. The van der Waals surface area contributed by atoms with E-state index in [-0.39, 0.29) is 18.2 Å². The molecule has 27 heavy (non-hydrogen) atoms. The van der Waals surface area contributed by atoms with Crippen molar-refractivity contribution in [2.75, 3.05) is 12.4 Å². The van der Waals surface area contributed by atoms with Crippen LogP contribution < -0.4 is 15.2 Å². The van der Waals surface area contributed by atoms with Crippen molar-refractivity contribution in [3.8, 4) is 17.0 Å². The molecular weight excluding hydrogens is 388 g/mol. The first kappa shape index (κ1) is 20.6. The summed E-state index contributed by atoms with van der Waals surface area (Å²) in [7, 11) is -1.98. The quantitative estimate of drug-likeness (QED) is 0.651. The molecular formula is C18H19ClN4O3S. The molecule has 0 aliphatic heterocycles. The SMILES string of the molecule is COc1ccccc1-c1cc(Nc2cccc(CS(N)(=O)=O)c2)ncn1.Cl. The normalized spacial score (nSPS) is 10.7. The Hall–Kier alpha value is -2.68. The van der Waals surface area contributed by atoms with Crippen LogP contribution in [0.15, 0.2) is 60.9 Å². The number of ether oxygens (including phenoxy) is 1. The molecule has 0 radical (unpaired) electrons. The van der Waals surface area contributed by atoms with E-state index < -0.39 is 10.0 Å². The molecule has 7 nitrogen and oxygen atoms in total. The lowest BCUT2D eigenvalue weighted by Crippen LogP contribution is -2.14. The molecule has 3 rings (SSSR count). The zero-order valence-electron chi connectivity index (χ0n) is 14.5. The van der Waals surface area contributed by atoms with Gasteiger partial charge < -0.3 is 10.1 Å². The predicted octanol–water partition coefficient (Wildman–Crippen LogP) is 3.11. The van der Waals surface area contributed by atoms with Gasteiger partial charge in [-0.05, 0) is 29.8 Å². The molecule has 0 amide bonds. The topological polar surface area (TPSA) is 107 Å². The second kappa shape index (κ2) is 8.81. The fraction of sp³-hybridized carbons (Fsp3) is 0.111. The third kappa shape index (κ3) is 5.65. The van der Waals surface area contributed by atoms with Crippen molar-refractivity contribution < 1.29 is 13.2 Å². The predicted molar refractivity (Wildman–Crippen MR) is 108 cm³/mol. The number of hydrogen-bond acceptors (Lipinski definition) is 6. The van der Waals surface area contributed by atoms with Crippen LogP contribution in [0.1, 0.15) is 5.56 Å². The Bertz CT molecular complexity index is 1030. The van der Waals surface area contributed by atoms with Crippen LogP contribution in [0, 0.1) is 0 Å². The minimum Gasteiger partial charge on any atom is -0.496 e. The number of benzene rings is 2. The Morgan fingerprint density at radius 1 is 1.07 bits per heavy atom. The smallest absolute Gasteiger partial charge is 0.213 e. The van der Waals surface area contributed by atoms with E-state index in [1.54, 1.807) is 31.4 Å². The molecule has 3 N–H and O–H groups in total. The van der Waals surface area contributed by atoms with E-state index in [9.17, 15) is 8.42 Å². The number of nitrogens with zero attached hydrogens (tertiary/aromatic N) is 2. The van der Waals surface area contributed by atoms with E-state index in [1.165, 1.54) is 6.33 Å². The van der Waals surface area contributed by atoms with Crippen LogP contribution in [0.25, 0.3) is 11.3 Å². The Labute approximate surface area is 164 Å². The van der Waals surface area contributed by atoms with Gasteiger partial charge in [0.1, 0.15) is 17.9 Å². The van der Waals surface area contributed by atoms with E-state index in [2.05, 4.69) is 15.3 Å². The highest BCUT2D eigenvalue weighted by Crippen LogP contribution is 2.29. The Morgan fingerprint density at radius 2 is 1.85 bits per heavy atom. The molecule has 0 bridgehead atoms. The molecule has 142 valence electrons. The van der Waals surface area contributed by atoms with Crippen LogP contribution in [0.3, 0.4) is 0 Å². The fourth-order valence-electron chi connectivity index (χ4n) is 2.55. The zero-order chi connectivity index (χ0) is 18.6. The molecule has 2 aromatic carbocycles. The van der Waals surface area contributed by atoms with E-state index in [0.717, 1.165) is 5.56 Å². The molecule has 1 heterocycles. The minimum atomic E-state index is -3.58. The Morgan fingerprint density at radius 3 is 2.59 bits per heavy atom. The van der Waals surface area contributed by atoms with Crippen molar-refractivity contribution in [2.24, 2.45) is 5.14 Å². The number of hydrogen-bond donors (Lipinski definition) is 2. The molecule has 0 atom stereocenters.